The van der Waals surface area contributed by atoms with Crippen LogP contribution in [0.3, 0.4) is 0 Å². The van der Waals surface area contributed by atoms with E-state index < -0.39 is 16.4 Å². The van der Waals surface area contributed by atoms with Crippen LogP contribution >= 0.6 is 0 Å². The van der Waals surface area contributed by atoms with Crippen molar-refractivity contribution in [2.75, 3.05) is 13.1 Å². The predicted molar refractivity (Wildman–Crippen MR) is 187 cm³/mol. The summed E-state index contributed by atoms with van der Waals surface area (Å²) in [5.74, 6) is 2.96. The second-order valence-electron chi connectivity index (χ2n) is 19.5. The quantitative estimate of drug-likeness (QED) is 0.204. The number of aliphatic hydroxyl groups is 2. The van der Waals surface area contributed by atoms with Gasteiger partial charge in [-0.25, -0.2) is 4.79 Å². The summed E-state index contributed by atoms with van der Waals surface area (Å²) < 4.78 is 5.75. The van der Waals surface area contributed by atoms with Crippen LogP contribution in [0.1, 0.15) is 122 Å². The number of nitrogens with zero attached hydrogens (tertiary/aromatic N) is 1. The minimum absolute atomic E-state index is 0.0205. The topological polar surface area (TPSA) is 103 Å². The summed E-state index contributed by atoms with van der Waals surface area (Å²) in [6.07, 6.45) is 21.4. The molecule has 0 radical (unpaired) electrons. The van der Waals surface area contributed by atoms with E-state index in [2.05, 4.69) is 37.4 Å². The molecule has 3 N–H and O–H groups in total. The second-order valence-corrected chi connectivity index (χ2v) is 19.5. The average molecular weight is 671 g/mol. The summed E-state index contributed by atoms with van der Waals surface area (Å²) in [5, 5.41) is 27.4. The molecule has 1 heterocycles. The molecule has 7 fully saturated rings. The molecule has 11 rings (SSSR count). The number of Topliss-reactive ketones (excluding diaryl/α,β-unsaturated/α-hetero) is 1. The summed E-state index contributed by atoms with van der Waals surface area (Å²) in [5.41, 5.74) is -1.58. The zero-order chi connectivity index (χ0) is 34.2. The second kappa shape index (κ2) is 10.6. The van der Waals surface area contributed by atoms with Crippen molar-refractivity contribution in [1.29, 1.82) is 0 Å². The molecule has 7 nitrogen and oxygen atoms in total. The number of furan rings is 1. The van der Waals surface area contributed by atoms with E-state index in [1.807, 2.05) is 18.7 Å². The summed E-state index contributed by atoms with van der Waals surface area (Å²) in [6, 6.07) is 3.54. The lowest BCUT2D eigenvalue weighted by Crippen LogP contribution is -2.67. The molecule has 10 aliphatic carbocycles. The van der Waals surface area contributed by atoms with Crippen LogP contribution in [0.4, 0.5) is 4.79 Å². The molecule has 2 amide bonds. The van der Waals surface area contributed by atoms with Crippen LogP contribution in [-0.4, -0.2) is 57.8 Å². The van der Waals surface area contributed by atoms with E-state index in [9.17, 15) is 19.8 Å². The lowest BCUT2D eigenvalue weighted by atomic mass is 9.32. The number of ketones is 1. The Hall–Kier alpha value is -2.38. The average Bonchev–Trinajstić information content (AvgIpc) is 3.66. The zero-order valence-electron chi connectivity index (χ0n) is 30.2. The highest BCUT2D eigenvalue weighted by Gasteiger charge is 2.75. The van der Waals surface area contributed by atoms with Crippen molar-refractivity contribution in [3.8, 4) is 0 Å². The van der Waals surface area contributed by atoms with Crippen molar-refractivity contribution in [3.05, 3.63) is 48.0 Å². The van der Waals surface area contributed by atoms with E-state index in [1.165, 1.54) is 38.5 Å². The van der Waals surface area contributed by atoms with Crippen molar-refractivity contribution in [1.82, 2.24) is 10.2 Å². The van der Waals surface area contributed by atoms with Gasteiger partial charge in [0, 0.05) is 34.4 Å². The number of carbonyl (C=O) groups excluding carboxylic acids is 2. The van der Waals surface area contributed by atoms with Crippen molar-refractivity contribution >= 4 is 11.8 Å². The van der Waals surface area contributed by atoms with Crippen molar-refractivity contribution in [3.63, 3.8) is 0 Å². The van der Waals surface area contributed by atoms with Crippen LogP contribution in [-0.2, 0) is 0 Å². The maximum Gasteiger partial charge on any atom is 0.317 e. The molecule has 2 spiro atoms. The van der Waals surface area contributed by atoms with Gasteiger partial charge in [-0.2, -0.15) is 0 Å². The first kappa shape index (κ1) is 32.5. The molecule has 0 aromatic carbocycles. The standard InChI is InChI=1S/C42H58N2O5/c1-26(2)43-36(47)44(24-39-19-27-16-28(20-39)18-29(17-27)21-39)25-41(48)12-9-34-38(41,4)11-8-33-37(3)10-7-30(45)22-40(37)13-14-42(33,34)31(23-40)35(46)32-6-5-15-49-32/h5-6,13-15,23,26-30,33-34,45,48H,7-12,16-22,24-25H2,1-4H3,(H,43,47). The molecule has 266 valence electrons. The van der Waals surface area contributed by atoms with Gasteiger partial charge in [0.05, 0.1) is 24.5 Å². The van der Waals surface area contributed by atoms with Crippen LogP contribution in [0, 0.1) is 56.7 Å². The minimum Gasteiger partial charge on any atom is -0.461 e. The summed E-state index contributed by atoms with van der Waals surface area (Å²) in [4.78, 5) is 30.7. The van der Waals surface area contributed by atoms with Crippen LogP contribution in [0.15, 0.2) is 46.6 Å². The van der Waals surface area contributed by atoms with Crippen LogP contribution in [0.2, 0.25) is 0 Å². The van der Waals surface area contributed by atoms with Crippen LogP contribution in [0.25, 0.3) is 0 Å². The maximum atomic E-state index is 14.6. The molecule has 10 aliphatic rings. The number of nitrogens with one attached hydrogen (secondary N) is 1. The number of hydrogen-bond acceptors (Lipinski definition) is 5. The number of fused-ring (bicyclic) bond motifs is 1. The Balaban J connectivity index is 1.09. The van der Waals surface area contributed by atoms with Crippen LogP contribution < -0.4 is 5.32 Å². The van der Waals surface area contributed by atoms with Gasteiger partial charge in [-0.05, 0) is 150 Å². The monoisotopic (exact) mass is 670 g/mol. The largest absolute Gasteiger partial charge is 0.461 e. The normalized spacial score (nSPS) is 48.6. The summed E-state index contributed by atoms with van der Waals surface area (Å²) in [6.45, 7) is 9.82. The van der Waals surface area contributed by atoms with Gasteiger partial charge in [0.25, 0.3) is 0 Å². The Morgan fingerprint density at radius 2 is 1.57 bits per heavy atom. The molecule has 1 aromatic heterocycles. The predicted octanol–water partition coefficient (Wildman–Crippen LogP) is 7.69. The number of aliphatic hydroxyl groups excluding tert-OH is 1. The van der Waals surface area contributed by atoms with Crippen molar-refractivity contribution in [2.24, 2.45) is 56.7 Å². The summed E-state index contributed by atoms with van der Waals surface area (Å²) >= 11 is 0. The van der Waals surface area contributed by atoms with Gasteiger partial charge in [-0.1, -0.05) is 32.1 Å². The van der Waals surface area contributed by atoms with Gasteiger partial charge >= 0.3 is 6.03 Å². The van der Waals surface area contributed by atoms with E-state index in [4.69, 9.17) is 4.42 Å². The van der Waals surface area contributed by atoms with Gasteiger partial charge in [0.2, 0.25) is 5.78 Å². The smallest absolute Gasteiger partial charge is 0.317 e. The van der Waals surface area contributed by atoms with Crippen molar-refractivity contribution < 1.29 is 24.2 Å². The molecular formula is C42H58N2O5. The number of carbonyl (C=O) groups is 2. The fourth-order valence-corrected chi connectivity index (χ4v) is 14.9. The van der Waals surface area contributed by atoms with E-state index >= 15 is 0 Å². The summed E-state index contributed by atoms with van der Waals surface area (Å²) in [7, 11) is 0. The molecule has 8 atom stereocenters. The van der Waals surface area contributed by atoms with E-state index in [-0.39, 0.29) is 52.0 Å². The maximum absolute atomic E-state index is 14.6. The van der Waals surface area contributed by atoms with Gasteiger partial charge in [0.1, 0.15) is 0 Å². The first-order chi connectivity index (χ1) is 23.2. The van der Waals surface area contributed by atoms with Gasteiger partial charge < -0.3 is 24.8 Å². The van der Waals surface area contributed by atoms with Crippen LogP contribution in [0.5, 0.6) is 0 Å². The fraction of sp³-hybridized carbons (Fsp3) is 0.762. The number of urea groups is 1. The fourth-order valence-electron chi connectivity index (χ4n) is 14.9. The lowest BCUT2D eigenvalue weighted by Gasteiger charge is -2.71. The van der Waals surface area contributed by atoms with Crippen molar-refractivity contribution in [2.45, 2.75) is 129 Å². The Kier molecular flexibility index (Phi) is 7.03. The molecule has 49 heavy (non-hydrogen) atoms. The Labute approximate surface area is 292 Å². The van der Waals surface area contributed by atoms with E-state index in [0.29, 0.717) is 25.1 Å². The molecular weight excluding hydrogens is 612 g/mol. The molecule has 6 bridgehead atoms. The first-order valence-electron chi connectivity index (χ1n) is 19.7. The lowest BCUT2D eigenvalue weighted by molar-refractivity contribution is -0.176. The Morgan fingerprint density at radius 1 is 0.918 bits per heavy atom. The number of rotatable bonds is 7. The molecule has 7 heteroatoms. The first-order valence-corrected chi connectivity index (χ1v) is 19.7. The Bertz CT molecular complexity index is 1560. The third kappa shape index (κ3) is 4.39. The number of allylic oxidation sites excluding steroid dienone is 4. The third-order valence-corrected chi connectivity index (χ3v) is 16.5. The van der Waals surface area contributed by atoms with E-state index in [1.54, 1.807) is 18.4 Å². The molecule has 0 aliphatic heterocycles. The molecule has 1 aromatic rings. The van der Waals surface area contributed by atoms with Gasteiger partial charge in [0.15, 0.2) is 5.76 Å². The minimum atomic E-state index is -1.07. The molecule has 0 saturated heterocycles. The molecule has 8 unspecified atom stereocenters. The number of amides is 2. The van der Waals surface area contributed by atoms with E-state index in [0.717, 1.165) is 62.0 Å². The molecule has 7 saturated carbocycles. The highest BCUT2D eigenvalue weighted by Crippen LogP contribution is 2.78. The zero-order valence-corrected chi connectivity index (χ0v) is 30.2. The SMILES string of the molecule is CC(C)NC(=O)N(CC12CC3CC(CC(C3)C1)C2)CC1(O)CCC2C34C=CC5(C=C3C(=O)c3ccco3)CC(O)CCC5(C)C4CCC21C. The van der Waals surface area contributed by atoms with Gasteiger partial charge in [-0.15, -0.1) is 0 Å². The third-order valence-electron chi connectivity index (χ3n) is 16.5. The number of hydrogen-bond donors (Lipinski definition) is 3. The highest BCUT2D eigenvalue weighted by molar-refractivity contribution is 6.08. The van der Waals surface area contributed by atoms with Gasteiger partial charge in [-0.3, -0.25) is 4.79 Å². The highest BCUT2D eigenvalue weighted by atomic mass is 16.3. The Morgan fingerprint density at radius 3 is 2.22 bits per heavy atom.